The van der Waals surface area contributed by atoms with E-state index in [1.807, 2.05) is 30.3 Å². The first-order chi connectivity index (χ1) is 6.20. The van der Waals surface area contributed by atoms with Crippen LogP contribution in [-0.2, 0) is 9.59 Å². The number of Topliss-reactive ketones (excluding diaryl/α,β-unsaturated/α-hetero) is 1. The normalized spacial score (nSPS) is 9.54. The van der Waals surface area contributed by atoms with E-state index in [0.29, 0.717) is 0 Å². The zero-order valence-electron chi connectivity index (χ0n) is 6.77. The van der Waals surface area contributed by atoms with Crippen molar-refractivity contribution in [3.63, 3.8) is 0 Å². The molecule has 0 bridgehead atoms. The first-order valence-electron chi connectivity index (χ1n) is 3.64. The summed E-state index contributed by atoms with van der Waals surface area (Å²) >= 11 is -0.0588. The van der Waals surface area contributed by atoms with Gasteiger partial charge in [-0.05, 0) is 0 Å². The minimum atomic E-state index is -1.34. The van der Waals surface area contributed by atoms with Gasteiger partial charge in [0.1, 0.15) is 0 Å². The van der Waals surface area contributed by atoms with E-state index in [0.717, 1.165) is 4.46 Å². The van der Waals surface area contributed by atoms with E-state index in [1.165, 1.54) is 0 Å². The van der Waals surface area contributed by atoms with E-state index in [4.69, 9.17) is 5.11 Å². The Balaban J connectivity index is 2.44. The van der Waals surface area contributed by atoms with Gasteiger partial charge in [0, 0.05) is 0 Å². The first kappa shape index (κ1) is 9.96. The maximum absolute atomic E-state index is 10.7. The third kappa shape index (κ3) is 3.40. The van der Waals surface area contributed by atoms with Crippen LogP contribution in [0.15, 0.2) is 30.3 Å². The van der Waals surface area contributed by atoms with Crippen LogP contribution < -0.4 is 4.46 Å². The van der Waals surface area contributed by atoms with Crippen LogP contribution in [0.25, 0.3) is 0 Å². The molecule has 0 spiro atoms. The van der Waals surface area contributed by atoms with Gasteiger partial charge >= 0.3 is 81.5 Å². The number of carbonyl (C=O) groups excluding carboxylic acids is 1. The number of hydrogen-bond donors (Lipinski definition) is 1. The Hall–Kier alpha value is -1.12. The summed E-state index contributed by atoms with van der Waals surface area (Å²) < 4.78 is 1.05. The van der Waals surface area contributed by atoms with Crippen molar-refractivity contribution in [3.05, 3.63) is 30.3 Å². The Morgan fingerprint density at radius 1 is 1.23 bits per heavy atom. The summed E-state index contributed by atoms with van der Waals surface area (Å²) in [4.78, 5) is 20.9. The molecule has 1 aromatic rings. The number of aliphatic carboxylic acids is 1. The van der Waals surface area contributed by atoms with Gasteiger partial charge in [0.25, 0.3) is 0 Å². The summed E-state index contributed by atoms with van der Waals surface area (Å²) in [7, 11) is 0. The second kappa shape index (κ2) is 4.80. The Kier molecular flexibility index (Phi) is 3.68. The fraction of sp³-hybridized carbons (Fsp3) is 0.111. The van der Waals surface area contributed by atoms with Crippen LogP contribution in [0.2, 0.25) is 5.32 Å². The molecule has 1 aromatic carbocycles. The molecule has 0 aliphatic heterocycles. The molecule has 68 valence electrons. The predicted molar refractivity (Wildman–Crippen MR) is 49.3 cm³/mol. The van der Waals surface area contributed by atoms with Crippen molar-refractivity contribution in [2.45, 2.75) is 5.32 Å². The van der Waals surface area contributed by atoms with E-state index in [2.05, 4.69) is 0 Å². The van der Waals surface area contributed by atoms with Crippen molar-refractivity contribution < 1.29 is 14.7 Å². The summed E-state index contributed by atoms with van der Waals surface area (Å²) in [6.07, 6.45) is 0. The van der Waals surface area contributed by atoms with Gasteiger partial charge in [-0.15, -0.1) is 0 Å². The number of carboxylic acid groups (broad SMARTS) is 1. The predicted octanol–water partition coefficient (Wildman–Crippen LogP) is 0.0881. The summed E-state index contributed by atoms with van der Waals surface area (Å²) in [6.45, 7) is 0. The molecule has 3 nitrogen and oxygen atoms in total. The SMILES string of the molecule is O=C(O)C(=O)C[Se]c1ccccc1. The van der Waals surface area contributed by atoms with Crippen LogP contribution in [0.4, 0.5) is 0 Å². The van der Waals surface area contributed by atoms with Gasteiger partial charge in [0.15, 0.2) is 0 Å². The van der Waals surface area contributed by atoms with Crippen LogP contribution in [0.1, 0.15) is 0 Å². The standard InChI is InChI=1S/C9H8O3Se/c10-8(9(11)12)6-13-7-4-2-1-3-5-7/h1-5H,6H2,(H,11,12). The molecule has 4 heteroatoms. The quantitative estimate of drug-likeness (QED) is 0.602. The molecular formula is C9H8O3Se. The molecule has 0 atom stereocenters. The Labute approximate surface area is 81.9 Å². The molecule has 13 heavy (non-hydrogen) atoms. The Morgan fingerprint density at radius 2 is 1.85 bits per heavy atom. The zero-order valence-corrected chi connectivity index (χ0v) is 8.48. The molecule has 0 amide bonds. The Morgan fingerprint density at radius 3 is 2.38 bits per heavy atom. The summed E-state index contributed by atoms with van der Waals surface area (Å²) in [6, 6.07) is 9.44. The molecule has 0 aliphatic rings. The summed E-state index contributed by atoms with van der Waals surface area (Å²) in [5, 5.41) is 8.45. The van der Waals surface area contributed by atoms with Crippen LogP contribution in [-0.4, -0.2) is 31.8 Å². The van der Waals surface area contributed by atoms with Gasteiger partial charge < -0.3 is 0 Å². The molecule has 0 saturated heterocycles. The molecule has 0 saturated carbocycles. The molecule has 1 N–H and O–H groups in total. The topological polar surface area (TPSA) is 54.4 Å². The average Bonchev–Trinajstić information content (AvgIpc) is 2.15. The van der Waals surface area contributed by atoms with Crippen molar-refractivity contribution in [2.24, 2.45) is 0 Å². The van der Waals surface area contributed by atoms with Gasteiger partial charge in [-0.3, -0.25) is 0 Å². The van der Waals surface area contributed by atoms with Crippen molar-refractivity contribution in [3.8, 4) is 0 Å². The van der Waals surface area contributed by atoms with Crippen molar-refractivity contribution in [1.29, 1.82) is 0 Å². The molecule has 0 heterocycles. The van der Waals surface area contributed by atoms with E-state index < -0.39 is 11.8 Å². The van der Waals surface area contributed by atoms with Crippen molar-refractivity contribution >= 4 is 31.2 Å². The summed E-state index contributed by atoms with van der Waals surface area (Å²) in [5.74, 6) is -2.04. The fourth-order valence-corrected chi connectivity index (χ4v) is 2.34. The van der Waals surface area contributed by atoms with E-state index in [9.17, 15) is 9.59 Å². The third-order valence-corrected chi connectivity index (χ3v) is 3.47. The van der Waals surface area contributed by atoms with Gasteiger partial charge in [-0.2, -0.15) is 0 Å². The number of carbonyl (C=O) groups is 2. The molecule has 0 unspecified atom stereocenters. The van der Waals surface area contributed by atoms with E-state index in [-0.39, 0.29) is 20.3 Å². The molecule has 0 radical (unpaired) electrons. The third-order valence-electron chi connectivity index (χ3n) is 1.35. The van der Waals surface area contributed by atoms with E-state index >= 15 is 0 Å². The molecular weight excluding hydrogens is 235 g/mol. The molecule has 1 rings (SSSR count). The second-order valence-electron chi connectivity index (χ2n) is 2.33. The average molecular weight is 243 g/mol. The number of ketones is 1. The van der Waals surface area contributed by atoms with E-state index in [1.54, 1.807) is 0 Å². The number of carboxylic acids is 1. The second-order valence-corrected chi connectivity index (χ2v) is 4.53. The van der Waals surface area contributed by atoms with Gasteiger partial charge in [-0.25, -0.2) is 0 Å². The van der Waals surface area contributed by atoms with Crippen LogP contribution in [0.3, 0.4) is 0 Å². The van der Waals surface area contributed by atoms with Crippen molar-refractivity contribution in [2.75, 3.05) is 0 Å². The van der Waals surface area contributed by atoms with Gasteiger partial charge in [-0.1, -0.05) is 0 Å². The molecule has 0 aliphatic carbocycles. The number of benzene rings is 1. The fourth-order valence-electron chi connectivity index (χ4n) is 0.727. The zero-order chi connectivity index (χ0) is 9.68. The number of hydrogen-bond acceptors (Lipinski definition) is 2. The van der Waals surface area contributed by atoms with Gasteiger partial charge in [0.2, 0.25) is 0 Å². The monoisotopic (exact) mass is 244 g/mol. The first-order valence-corrected chi connectivity index (χ1v) is 5.71. The maximum atomic E-state index is 10.7. The Bertz CT molecular complexity index is 308. The van der Waals surface area contributed by atoms with Crippen LogP contribution in [0.5, 0.6) is 0 Å². The molecule has 0 aromatic heterocycles. The van der Waals surface area contributed by atoms with Crippen LogP contribution in [0, 0.1) is 0 Å². The minimum absolute atomic E-state index is 0.0588. The van der Waals surface area contributed by atoms with Crippen molar-refractivity contribution in [1.82, 2.24) is 0 Å². The van der Waals surface area contributed by atoms with Crippen LogP contribution >= 0.6 is 0 Å². The van der Waals surface area contributed by atoms with Gasteiger partial charge in [0.05, 0.1) is 0 Å². The number of rotatable bonds is 4. The molecule has 0 fully saturated rings. The summed E-state index contributed by atoms with van der Waals surface area (Å²) in [5.41, 5.74) is 0.